The number of amides is 1. The second-order valence-electron chi connectivity index (χ2n) is 6.63. The van der Waals surface area contributed by atoms with E-state index >= 15 is 0 Å². The molecule has 140 valence electrons. The Morgan fingerprint density at radius 1 is 1.29 bits per heavy atom. The van der Waals surface area contributed by atoms with Gasteiger partial charge >= 0.3 is 0 Å². The van der Waals surface area contributed by atoms with Gasteiger partial charge in [0.1, 0.15) is 0 Å². The highest BCUT2D eigenvalue weighted by Gasteiger charge is 2.28. The minimum Gasteiger partial charge on any atom is -0.481 e. The lowest BCUT2D eigenvalue weighted by molar-refractivity contribution is 0.0926. The van der Waals surface area contributed by atoms with Crippen LogP contribution < -0.4 is 10.1 Å². The molecular weight excluding hydrogens is 356 g/mol. The van der Waals surface area contributed by atoms with Crippen molar-refractivity contribution >= 4 is 16.9 Å². The Hall–Kier alpha value is -3.61. The third kappa shape index (κ3) is 2.55. The number of nitrogens with one attached hydrogen (secondary N) is 1. The number of methoxy groups -OCH3 is 1. The third-order valence-corrected chi connectivity index (χ3v) is 5.04. The first-order valence-electron chi connectivity index (χ1n) is 9.08. The van der Waals surface area contributed by atoms with Crippen LogP contribution in [-0.4, -0.2) is 34.1 Å². The van der Waals surface area contributed by atoms with E-state index in [0.29, 0.717) is 24.6 Å². The van der Waals surface area contributed by atoms with Crippen molar-refractivity contribution in [3.63, 3.8) is 0 Å². The molecule has 5 heterocycles. The van der Waals surface area contributed by atoms with Gasteiger partial charge in [0.2, 0.25) is 5.88 Å². The Morgan fingerprint density at radius 3 is 3.04 bits per heavy atom. The summed E-state index contributed by atoms with van der Waals surface area (Å²) in [5.41, 5.74) is 6.23. The maximum atomic E-state index is 12.2. The molecule has 1 N–H and O–H groups in total. The molecule has 0 atom stereocenters. The minimum absolute atomic E-state index is 0.228. The highest BCUT2D eigenvalue weighted by Crippen LogP contribution is 2.39. The van der Waals surface area contributed by atoms with Crippen LogP contribution in [0.25, 0.3) is 22.4 Å². The lowest BCUT2D eigenvalue weighted by Gasteiger charge is -2.06. The van der Waals surface area contributed by atoms with E-state index in [1.165, 1.54) is 11.8 Å². The number of carbonyl (C=O) groups excluding carboxylic acids is 1. The molecule has 0 spiro atoms. The van der Waals surface area contributed by atoms with E-state index in [2.05, 4.69) is 25.9 Å². The molecule has 0 saturated heterocycles. The highest BCUT2D eigenvalue weighted by molar-refractivity contribution is 5.92. The summed E-state index contributed by atoms with van der Waals surface area (Å²) in [4.78, 5) is 21.4. The molecule has 0 bridgehead atoms. The molecule has 7 heteroatoms. The number of carbonyl (C=O) groups is 1. The molecule has 0 radical (unpaired) electrons. The Balaban J connectivity index is 1.53. The smallest absolute Gasteiger partial charge is 0.286 e. The number of nitrogens with zero attached hydrogens (tertiary/aromatic N) is 3. The van der Waals surface area contributed by atoms with Gasteiger partial charge in [-0.25, -0.2) is 4.98 Å². The van der Waals surface area contributed by atoms with Gasteiger partial charge in [-0.15, -0.1) is 0 Å². The van der Waals surface area contributed by atoms with Crippen molar-refractivity contribution in [3.8, 4) is 17.3 Å². The van der Waals surface area contributed by atoms with Gasteiger partial charge in [-0.3, -0.25) is 9.78 Å². The van der Waals surface area contributed by atoms with Gasteiger partial charge in [0.25, 0.3) is 5.91 Å². The first kappa shape index (κ1) is 16.6. The summed E-state index contributed by atoms with van der Waals surface area (Å²) in [7, 11) is 1.61. The van der Waals surface area contributed by atoms with Gasteiger partial charge in [-0.1, -0.05) is 6.07 Å². The van der Waals surface area contributed by atoms with Gasteiger partial charge in [0, 0.05) is 24.4 Å². The Bertz CT molecular complexity index is 1180. The fourth-order valence-corrected chi connectivity index (χ4v) is 3.80. The number of hydrogen-bond acceptors (Lipinski definition) is 5. The first-order chi connectivity index (χ1) is 13.8. The SMILES string of the molecule is COc1ccc2c(n1)c(CCNC(=O)c1ccco1)c1n2Cc2cccnc2-1. The molecule has 0 fully saturated rings. The van der Waals surface area contributed by atoms with Gasteiger partial charge in [-0.05, 0) is 36.2 Å². The first-order valence-corrected chi connectivity index (χ1v) is 9.08. The second-order valence-corrected chi connectivity index (χ2v) is 6.63. The maximum absolute atomic E-state index is 12.2. The summed E-state index contributed by atoms with van der Waals surface area (Å²) in [6.07, 6.45) is 3.92. The number of furan rings is 1. The van der Waals surface area contributed by atoms with Crippen LogP contribution in [-0.2, 0) is 13.0 Å². The van der Waals surface area contributed by atoms with E-state index in [-0.39, 0.29) is 5.91 Å². The number of aromatic nitrogens is 3. The van der Waals surface area contributed by atoms with Crippen LogP contribution in [0, 0.1) is 0 Å². The minimum atomic E-state index is -0.228. The van der Waals surface area contributed by atoms with Crippen molar-refractivity contribution in [2.45, 2.75) is 13.0 Å². The molecule has 5 rings (SSSR count). The lowest BCUT2D eigenvalue weighted by atomic mass is 10.1. The van der Waals surface area contributed by atoms with E-state index in [9.17, 15) is 4.79 Å². The van der Waals surface area contributed by atoms with Crippen LogP contribution in [0.2, 0.25) is 0 Å². The van der Waals surface area contributed by atoms with Crippen LogP contribution in [0.1, 0.15) is 21.7 Å². The summed E-state index contributed by atoms with van der Waals surface area (Å²) in [6, 6.07) is 11.3. The normalized spacial score (nSPS) is 12.0. The largest absolute Gasteiger partial charge is 0.481 e. The number of pyridine rings is 2. The molecule has 4 aromatic rings. The number of rotatable bonds is 5. The predicted molar refractivity (Wildman–Crippen MR) is 103 cm³/mol. The van der Waals surface area contributed by atoms with Crippen molar-refractivity contribution in [2.75, 3.05) is 13.7 Å². The number of hydrogen-bond donors (Lipinski definition) is 1. The maximum Gasteiger partial charge on any atom is 0.286 e. The summed E-state index contributed by atoms with van der Waals surface area (Å²) in [6.45, 7) is 1.23. The molecule has 0 aromatic carbocycles. The zero-order valence-corrected chi connectivity index (χ0v) is 15.3. The van der Waals surface area contributed by atoms with Crippen LogP contribution >= 0.6 is 0 Å². The van der Waals surface area contributed by atoms with Gasteiger partial charge in [-0.2, -0.15) is 0 Å². The second kappa shape index (κ2) is 6.53. The Kier molecular flexibility index (Phi) is 3.86. The van der Waals surface area contributed by atoms with Gasteiger partial charge in [0.05, 0.1) is 42.3 Å². The highest BCUT2D eigenvalue weighted by atomic mass is 16.5. The molecular formula is C21H18N4O3. The van der Waals surface area contributed by atoms with E-state index in [0.717, 1.165) is 34.5 Å². The standard InChI is InChI=1S/C21H18N4O3/c1-27-17-7-6-15-19(24-17)14(8-10-23-21(26)16-5-3-11-28-16)20-18-13(12-25(15)20)4-2-9-22-18/h2-7,9,11H,8,10,12H2,1H3,(H,23,26). The van der Waals surface area contributed by atoms with E-state index in [4.69, 9.17) is 9.15 Å². The molecule has 0 unspecified atom stereocenters. The lowest BCUT2D eigenvalue weighted by Crippen LogP contribution is -2.25. The fraction of sp³-hybridized carbons (Fsp3) is 0.190. The molecule has 1 aliphatic heterocycles. The molecule has 0 saturated carbocycles. The van der Waals surface area contributed by atoms with Gasteiger partial charge < -0.3 is 19.0 Å². The van der Waals surface area contributed by atoms with Crippen molar-refractivity contribution in [3.05, 3.63) is 65.7 Å². The topological polar surface area (TPSA) is 82.2 Å². The average Bonchev–Trinajstić information content (AvgIpc) is 3.44. The zero-order valence-electron chi connectivity index (χ0n) is 15.3. The molecule has 7 nitrogen and oxygen atoms in total. The third-order valence-electron chi connectivity index (χ3n) is 5.04. The predicted octanol–water partition coefficient (Wildman–Crippen LogP) is 3.03. The molecule has 28 heavy (non-hydrogen) atoms. The van der Waals surface area contributed by atoms with Crippen molar-refractivity contribution < 1.29 is 13.9 Å². The Morgan fingerprint density at radius 2 is 2.21 bits per heavy atom. The van der Waals surface area contributed by atoms with E-state index < -0.39 is 0 Å². The van der Waals surface area contributed by atoms with Crippen LogP contribution in [0.4, 0.5) is 0 Å². The van der Waals surface area contributed by atoms with Crippen LogP contribution in [0.3, 0.4) is 0 Å². The Labute approximate surface area is 161 Å². The van der Waals surface area contributed by atoms with Crippen molar-refractivity contribution in [2.24, 2.45) is 0 Å². The summed E-state index contributed by atoms with van der Waals surface area (Å²) >= 11 is 0. The monoisotopic (exact) mass is 374 g/mol. The quantitative estimate of drug-likeness (QED) is 0.511. The van der Waals surface area contributed by atoms with Gasteiger partial charge in [0.15, 0.2) is 5.76 Å². The summed E-state index contributed by atoms with van der Waals surface area (Å²) in [5.74, 6) is 0.645. The summed E-state index contributed by atoms with van der Waals surface area (Å²) in [5, 5.41) is 2.91. The molecule has 0 aliphatic carbocycles. The zero-order chi connectivity index (χ0) is 19.1. The van der Waals surface area contributed by atoms with Crippen molar-refractivity contribution in [1.82, 2.24) is 19.9 Å². The molecule has 1 aliphatic rings. The fourth-order valence-electron chi connectivity index (χ4n) is 3.80. The molecule has 4 aromatic heterocycles. The number of ether oxygens (including phenoxy) is 1. The van der Waals surface area contributed by atoms with Crippen LogP contribution in [0.5, 0.6) is 5.88 Å². The van der Waals surface area contributed by atoms with E-state index in [1.54, 1.807) is 19.2 Å². The summed E-state index contributed by atoms with van der Waals surface area (Å²) < 4.78 is 12.7. The van der Waals surface area contributed by atoms with E-state index in [1.807, 2.05) is 24.4 Å². The van der Waals surface area contributed by atoms with Crippen molar-refractivity contribution in [1.29, 1.82) is 0 Å². The molecule has 1 amide bonds. The average molecular weight is 374 g/mol. The number of fused-ring (bicyclic) bond motifs is 5. The van der Waals surface area contributed by atoms with Crippen LogP contribution in [0.15, 0.2) is 53.3 Å².